The smallest absolute Gasteiger partial charge is 0.212 e. The van der Waals surface area contributed by atoms with Crippen molar-refractivity contribution in [2.75, 3.05) is 0 Å². The third-order valence-corrected chi connectivity index (χ3v) is 4.58. The second kappa shape index (κ2) is 3.01. The molecule has 0 aromatic rings. The maximum absolute atomic E-state index is 10.7. The molecule has 56 valence electrons. The van der Waals surface area contributed by atoms with Gasteiger partial charge in [-0.15, -0.1) is 0 Å². The Labute approximate surface area is 63.8 Å². The maximum Gasteiger partial charge on any atom is 0.212 e. The van der Waals surface area contributed by atoms with E-state index in [1.807, 2.05) is 13.8 Å². The Morgan fingerprint density at radius 2 is 1.56 bits per heavy atom. The minimum atomic E-state index is -2.99. The fourth-order valence-electron chi connectivity index (χ4n) is 0.325. The molecule has 0 radical (unpaired) electrons. The normalized spacial score (nSPS) is 16.1. The van der Waals surface area contributed by atoms with E-state index in [-0.39, 0.29) is 11.2 Å². The number of rotatable bonds is 2. The molecule has 9 heavy (non-hydrogen) atoms. The summed E-state index contributed by atoms with van der Waals surface area (Å²) in [6.45, 7) is 5.45. The molecular formula is C5H11BrO2S. The van der Waals surface area contributed by atoms with Crippen LogP contribution in [0, 0.1) is 5.92 Å². The van der Waals surface area contributed by atoms with Gasteiger partial charge in [0.2, 0.25) is 8.27 Å². The minimum absolute atomic E-state index is 0.175. The fraction of sp³-hybridized carbons (Fsp3) is 1.00. The molecule has 0 heterocycles. The molecule has 0 fully saturated rings. The fourth-order valence-corrected chi connectivity index (χ4v) is 2.27. The number of hydrogen-bond acceptors (Lipinski definition) is 2. The van der Waals surface area contributed by atoms with Gasteiger partial charge in [-0.3, -0.25) is 0 Å². The molecule has 0 aliphatic carbocycles. The van der Waals surface area contributed by atoms with E-state index in [2.05, 4.69) is 14.8 Å². The summed E-state index contributed by atoms with van der Waals surface area (Å²) in [5.41, 5.74) is 0. The van der Waals surface area contributed by atoms with Gasteiger partial charge in [0.25, 0.3) is 0 Å². The number of hydrogen-bond donors (Lipinski definition) is 0. The molecule has 0 spiro atoms. The van der Waals surface area contributed by atoms with E-state index in [9.17, 15) is 8.42 Å². The Morgan fingerprint density at radius 3 is 1.56 bits per heavy atom. The molecule has 1 unspecified atom stereocenters. The van der Waals surface area contributed by atoms with E-state index in [4.69, 9.17) is 0 Å². The highest BCUT2D eigenvalue weighted by atomic mass is 79.9. The summed E-state index contributed by atoms with van der Waals surface area (Å²) in [7, 11) is -2.99. The minimum Gasteiger partial charge on any atom is -0.217 e. The first-order chi connectivity index (χ1) is 3.85. The molecule has 0 aromatic heterocycles. The molecule has 0 bridgehead atoms. The van der Waals surface area contributed by atoms with Crippen molar-refractivity contribution < 1.29 is 8.42 Å². The van der Waals surface area contributed by atoms with Crippen molar-refractivity contribution in [1.82, 2.24) is 0 Å². The Balaban J connectivity index is 4.24. The van der Waals surface area contributed by atoms with Crippen molar-refractivity contribution in [2.45, 2.75) is 26.0 Å². The van der Waals surface area contributed by atoms with Crippen molar-refractivity contribution in [3.63, 3.8) is 0 Å². The van der Waals surface area contributed by atoms with Crippen molar-refractivity contribution in [3.8, 4) is 0 Å². The van der Waals surface area contributed by atoms with E-state index in [1.54, 1.807) is 6.92 Å². The van der Waals surface area contributed by atoms with Crippen LogP contribution >= 0.6 is 14.8 Å². The van der Waals surface area contributed by atoms with Crippen LogP contribution in [-0.2, 0) is 8.27 Å². The second-order valence-corrected chi connectivity index (χ2v) is 6.83. The Morgan fingerprint density at radius 1 is 1.22 bits per heavy atom. The van der Waals surface area contributed by atoms with Crippen LogP contribution in [0.4, 0.5) is 0 Å². The molecule has 0 N–H and O–H groups in total. The van der Waals surface area contributed by atoms with Gasteiger partial charge in [0.1, 0.15) is 0 Å². The summed E-state index contributed by atoms with van der Waals surface area (Å²) in [6, 6.07) is 0. The zero-order valence-electron chi connectivity index (χ0n) is 5.76. The molecular weight excluding hydrogens is 204 g/mol. The molecule has 0 aliphatic heterocycles. The van der Waals surface area contributed by atoms with Crippen LogP contribution in [0.3, 0.4) is 0 Å². The van der Waals surface area contributed by atoms with E-state index >= 15 is 0 Å². The topological polar surface area (TPSA) is 34.1 Å². The Hall–Kier alpha value is 0.430. The van der Waals surface area contributed by atoms with E-state index in [0.717, 1.165) is 0 Å². The van der Waals surface area contributed by atoms with Gasteiger partial charge in [-0.25, -0.2) is 8.42 Å². The van der Waals surface area contributed by atoms with Gasteiger partial charge in [-0.2, -0.15) is 0 Å². The first-order valence-corrected chi connectivity index (χ1v) is 6.18. The van der Waals surface area contributed by atoms with Gasteiger partial charge in [-0.1, -0.05) is 13.8 Å². The summed E-state index contributed by atoms with van der Waals surface area (Å²) >= 11 is 2.62. The summed E-state index contributed by atoms with van der Waals surface area (Å²) < 4.78 is 21.4. The molecule has 0 aliphatic rings. The summed E-state index contributed by atoms with van der Waals surface area (Å²) in [6.07, 6.45) is 0. The molecule has 0 aromatic carbocycles. The van der Waals surface area contributed by atoms with E-state index in [1.165, 1.54) is 0 Å². The third kappa shape index (κ3) is 3.20. The lowest BCUT2D eigenvalue weighted by Gasteiger charge is -2.10. The van der Waals surface area contributed by atoms with Crippen LogP contribution in [0.1, 0.15) is 20.8 Å². The Kier molecular flexibility index (Phi) is 3.16. The van der Waals surface area contributed by atoms with Crippen LogP contribution in [0.2, 0.25) is 0 Å². The SMILES string of the molecule is CC(C)C(C)S(=O)(=O)Br. The average Bonchev–Trinajstić information content (AvgIpc) is 1.62. The second-order valence-electron chi connectivity index (χ2n) is 2.42. The van der Waals surface area contributed by atoms with Crippen LogP contribution in [-0.4, -0.2) is 13.7 Å². The third-order valence-electron chi connectivity index (χ3n) is 1.38. The zero-order chi connectivity index (χ0) is 7.65. The molecule has 0 saturated carbocycles. The number of halogens is 1. The zero-order valence-corrected chi connectivity index (χ0v) is 8.16. The molecule has 1 atom stereocenters. The van der Waals surface area contributed by atoms with Crippen molar-refractivity contribution in [1.29, 1.82) is 0 Å². The predicted octanol–water partition coefficient (Wildman–Crippen LogP) is 1.76. The quantitative estimate of drug-likeness (QED) is 0.657. The highest BCUT2D eigenvalue weighted by Gasteiger charge is 2.19. The van der Waals surface area contributed by atoms with Gasteiger partial charge < -0.3 is 0 Å². The van der Waals surface area contributed by atoms with Crippen molar-refractivity contribution >= 4 is 23.1 Å². The average molecular weight is 215 g/mol. The summed E-state index contributed by atoms with van der Waals surface area (Å²) in [5, 5.41) is -0.294. The van der Waals surface area contributed by atoms with Gasteiger partial charge in [0.15, 0.2) is 0 Å². The van der Waals surface area contributed by atoms with Gasteiger partial charge in [0, 0.05) is 0 Å². The molecule has 0 saturated heterocycles. The summed E-state index contributed by atoms with van der Waals surface area (Å²) in [4.78, 5) is 0. The van der Waals surface area contributed by atoms with Crippen molar-refractivity contribution in [2.24, 2.45) is 5.92 Å². The molecule has 0 rings (SSSR count). The highest BCUT2D eigenvalue weighted by Crippen LogP contribution is 2.16. The lowest BCUT2D eigenvalue weighted by atomic mass is 10.2. The van der Waals surface area contributed by atoms with Crippen LogP contribution in [0.25, 0.3) is 0 Å². The molecule has 0 amide bonds. The monoisotopic (exact) mass is 214 g/mol. The summed E-state index contributed by atoms with van der Waals surface area (Å²) in [5.74, 6) is 0.175. The lowest BCUT2D eigenvalue weighted by molar-refractivity contribution is 0.560. The van der Waals surface area contributed by atoms with Gasteiger partial charge in [-0.05, 0) is 12.8 Å². The molecule has 2 nitrogen and oxygen atoms in total. The standard InChI is InChI=1S/C5H11BrO2S/c1-4(2)5(3)9(6,7)8/h4-5H,1-3H3. The molecule has 4 heteroatoms. The van der Waals surface area contributed by atoms with Crippen LogP contribution in [0.15, 0.2) is 0 Å². The maximum atomic E-state index is 10.7. The van der Waals surface area contributed by atoms with Crippen molar-refractivity contribution in [3.05, 3.63) is 0 Å². The highest BCUT2D eigenvalue weighted by molar-refractivity contribution is 9.47. The largest absolute Gasteiger partial charge is 0.217 e. The van der Waals surface area contributed by atoms with Crippen LogP contribution < -0.4 is 0 Å². The predicted molar refractivity (Wildman–Crippen MR) is 42.1 cm³/mol. The van der Waals surface area contributed by atoms with Gasteiger partial charge >= 0.3 is 0 Å². The van der Waals surface area contributed by atoms with E-state index < -0.39 is 8.27 Å². The first kappa shape index (κ1) is 9.43. The van der Waals surface area contributed by atoms with Gasteiger partial charge in [0.05, 0.1) is 20.1 Å². The van der Waals surface area contributed by atoms with Crippen LogP contribution in [0.5, 0.6) is 0 Å². The first-order valence-electron chi connectivity index (χ1n) is 2.79. The Bertz CT molecular complexity index is 171. The van der Waals surface area contributed by atoms with E-state index in [0.29, 0.717) is 0 Å². The lowest BCUT2D eigenvalue weighted by Crippen LogP contribution is -2.17.